The van der Waals surface area contributed by atoms with Crippen molar-refractivity contribution in [3.05, 3.63) is 28.8 Å². The van der Waals surface area contributed by atoms with E-state index in [0.717, 1.165) is 19.6 Å². The first-order valence-corrected chi connectivity index (χ1v) is 9.49. The van der Waals surface area contributed by atoms with E-state index in [2.05, 4.69) is 31.0 Å². The molecule has 0 saturated carbocycles. The van der Waals surface area contributed by atoms with Crippen molar-refractivity contribution in [2.45, 2.75) is 38.3 Å². The Labute approximate surface area is 133 Å². The molecule has 0 fully saturated rings. The number of likely N-dealkylation sites (N-methyl/N-ethyl adjacent to an activating group) is 1. The molecule has 0 aliphatic rings. The lowest BCUT2D eigenvalue weighted by Crippen LogP contribution is -2.39. The van der Waals surface area contributed by atoms with E-state index >= 15 is 0 Å². The molecule has 1 unspecified atom stereocenters. The molecule has 1 atom stereocenters. The Balaban J connectivity index is 2.80. The van der Waals surface area contributed by atoms with Crippen molar-refractivity contribution < 1.29 is 8.42 Å². The summed E-state index contributed by atoms with van der Waals surface area (Å²) < 4.78 is 23.7. The highest BCUT2D eigenvalue weighted by Crippen LogP contribution is 2.23. The summed E-state index contributed by atoms with van der Waals surface area (Å²) in [5, 5.41) is 3.85. The third-order valence-corrected chi connectivity index (χ3v) is 5.06. The van der Waals surface area contributed by atoms with Gasteiger partial charge in [0.1, 0.15) is 0 Å². The van der Waals surface area contributed by atoms with Crippen LogP contribution in [0, 0.1) is 0 Å². The normalized spacial score (nSPS) is 13.6. The number of nitrogens with zero attached hydrogens (tertiary/aromatic N) is 1. The Bertz CT molecular complexity index is 557. The number of hydrogen-bond donors (Lipinski definition) is 1. The minimum absolute atomic E-state index is 0.258. The molecule has 0 aliphatic carbocycles. The van der Waals surface area contributed by atoms with E-state index in [-0.39, 0.29) is 6.04 Å². The Hall–Kier alpha value is -0.620. The maximum absolute atomic E-state index is 11.8. The molecule has 4 nitrogen and oxygen atoms in total. The SMILES string of the molecule is CCN(CC)CC(C)NCc1c(Cl)cccc1S(C)(=O)=O. The summed E-state index contributed by atoms with van der Waals surface area (Å²) in [7, 11) is -3.27. The van der Waals surface area contributed by atoms with E-state index < -0.39 is 9.84 Å². The monoisotopic (exact) mass is 332 g/mol. The molecule has 1 rings (SSSR count). The van der Waals surface area contributed by atoms with Gasteiger partial charge in [0.2, 0.25) is 0 Å². The number of nitrogens with one attached hydrogen (secondary N) is 1. The van der Waals surface area contributed by atoms with Gasteiger partial charge in [-0.05, 0) is 32.1 Å². The van der Waals surface area contributed by atoms with Crippen LogP contribution < -0.4 is 5.32 Å². The molecule has 0 aliphatic heterocycles. The Morgan fingerprint density at radius 2 is 1.90 bits per heavy atom. The van der Waals surface area contributed by atoms with E-state index in [1.54, 1.807) is 18.2 Å². The van der Waals surface area contributed by atoms with Crippen molar-refractivity contribution in [3.8, 4) is 0 Å². The van der Waals surface area contributed by atoms with Crippen LogP contribution in [-0.2, 0) is 16.4 Å². The zero-order valence-electron chi connectivity index (χ0n) is 13.2. The van der Waals surface area contributed by atoms with E-state index in [0.29, 0.717) is 22.0 Å². The lowest BCUT2D eigenvalue weighted by molar-refractivity contribution is 0.270. The van der Waals surface area contributed by atoms with E-state index in [4.69, 9.17) is 11.6 Å². The lowest BCUT2D eigenvalue weighted by Gasteiger charge is -2.24. The molecule has 0 amide bonds. The van der Waals surface area contributed by atoms with Gasteiger partial charge in [-0.25, -0.2) is 8.42 Å². The van der Waals surface area contributed by atoms with Gasteiger partial charge in [0.25, 0.3) is 0 Å². The number of hydrogen-bond acceptors (Lipinski definition) is 4. The highest BCUT2D eigenvalue weighted by Gasteiger charge is 2.16. The Kier molecular flexibility index (Phi) is 7.13. The Morgan fingerprint density at radius 3 is 2.43 bits per heavy atom. The smallest absolute Gasteiger partial charge is 0.175 e. The van der Waals surface area contributed by atoms with E-state index in [1.807, 2.05) is 0 Å². The lowest BCUT2D eigenvalue weighted by atomic mass is 10.2. The molecule has 120 valence electrons. The average molecular weight is 333 g/mol. The summed E-state index contributed by atoms with van der Waals surface area (Å²) >= 11 is 6.16. The predicted molar refractivity (Wildman–Crippen MR) is 88.7 cm³/mol. The van der Waals surface area contributed by atoms with Crippen LogP contribution in [0.5, 0.6) is 0 Å². The molecular weight excluding hydrogens is 308 g/mol. The van der Waals surface area contributed by atoms with E-state index in [1.165, 1.54) is 6.26 Å². The van der Waals surface area contributed by atoms with Crippen LogP contribution in [0.1, 0.15) is 26.3 Å². The molecule has 0 radical (unpaired) electrons. The van der Waals surface area contributed by atoms with Crippen LogP contribution in [0.15, 0.2) is 23.1 Å². The molecule has 21 heavy (non-hydrogen) atoms. The number of benzene rings is 1. The third kappa shape index (κ3) is 5.58. The molecule has 0 aromatic heterocycles. The van der Waals surface area contributed by atoms with Crippen molar-refractivity contribution in [2.75, 3.05) is 25.9 Å². The van der Waals surface area contributed by atoms with Gasteiger partial charge in [-0.1, -0.05) is 31.5 Å². The van der Waals surface area contributed by atoms with Crippen LogP contribution in [0.4, 0.5) is 0 Å². The predicted octanol–water partition coefficient (Wildman–Crippen LogP) is 2.56. The summed E-state index contributed by atoms with van der Waals surface area (Å²) in [6.45, 7) is 9.73. The largest absolute Gasteiger partial charge is 0.309 e. The summed E-state index contributed by atoms with van der Waals surface area (Å²) in [6, 6.07) is 5.26. The maximum Gasteiger partial charge on any atom is 0.175 e. The summed E-state index contributed by atoms with van der Waals surface area (Å²) in [4.78, 5) is 2.62. The van der Waals surface area contributed by atoms with Crippen molar-refractivity contribution in [2.24, 2.45) is 0 Å². The van der Waals surface area contributed by atoms with Crippen molar-refractivity contribution in [3.63, 3.8) is 0 Å². The molecular formula is C15H25ClN2O2S. The molecule has 6 heteroatoms. The van der Waals surface area contributed by atoms with Gasteiger partial charge in [0, 0.05) is 36.0 Å². The van der Waals surface area contributed by atoms with Crippen molar-refractivity contribution in [1.82, 2.24) is 10.2 Å². The molecule has 0 saturated heterocycles. The quantitative estimate of drug-likeness (QED) is 0.795. The molecule has 1 N–H and O–H groups in total. The minimum Gasteiger partial charge on any atom is -0.309 e. The fourth-order valence-electron chi connectivity index (χ4n) is 2.27. The minimum atomic E-state index is -3.27. The molecule has 1 aromatic rings. The Morgan fingerprint density at radius 1 is 1.29 bits per heavy atom. The van der Waals surface area contributed by atoms with Crippen LogP contribution in [0.25, 0.3) is 0 Å². The second-order valence-corrected chi connectivity index (χ2v) is 7.65. The second-order valence-electron chi connectivity index (χ2n) is 5.26. The number of halogens is 1. The van der Waals surface area contributed by atoms with Crippen molar-refractivity contribution in [1.29, 1.82) is 0 Å². The zero-order chi connectivity index (χ0) is 16.0. The first kappa shape index (κ1) is 18.4. The maximum atomic E-state index is 11.8. The van der Waals surface area contributed by atoms with Gasteiger partial charge >= 0.3 is 0 Å². The van der Waals surface area contributed by atoms with Crippen molar-refractivity contribution >= 4 is 21.4 Å². The van der Waals surface area contributed by atoms with Crippen LogP contribution in [0.2, 0.25) is 5.02 Å². The number of rotatable bonds is 8. The van der Waals surface area contributed by atoms with Gasteiger partial charge < -0.3 is 10.2 Å². The highest BCUT2D eigenvalue weighted by molar-refractivity contribution is 7.90. The standard InChI is InChI=1S/C15H25ClN2O2S/c1-5-18(6-2)11-12(3)17-10-13-14(16)8-7-9-15(13)21(4,19)20/h7-9,12,17H,5-6,10-11H2,1-4H3. The summed E-state index contributed by atoms with van der Waals surface area (Å²) in [5.74, 6) is 0. The molecule has 1 aromatic carbocycles. The van der Waals surface area contributed by atoms with E-state index in [9.17, 15) is 8.42 Å². The van der Waals surface area contributed by atoms with Crippen LogP contribution >= 0.6 is 11.6 Å². The molecule has 0 heterocycles. The average Bonchev–Trinajstić information content (AvgIpc) is 2.42. The van der Waals surface area contributed by atoms with Gasteiger partial charge in [-0.15, -0.1) is 0 Å². The van der Waals surface area contributed by atoms with Gasteiger partial charge in [0.15, 0.2) is 9.84 Å². The fraction of sp³-hybridized carbons (Fsp3) is 0.600. The number of sulfone groups is 1. The molecule has 0 spiro atoms. The van der Waals surface area contributed by atoms with Crippen LogP contribution in [0.3, 0.4) is 0 Å². The summed E-state index contributed by atoms with van der Waals surface area (Å²) in [6.07, 6.45) is 1.21. The second kappa shape index (κ2) is 8.13. The zero-order valence-corrected chi connectivity index (χ0v) is 14.8. The van der Waals surface area contributed by atoms with Gasteiger partial charge in [0.05, 0.1) is 4.90 Å². The van der Waals surface area contributed by atoms with Gasteiger partial charge in [-0.3, -0.25) is 0 Å². The topological polar surface area (TPSA) is 49.4 Å². The van der Waals surface area contributed by atoms with Crippen LogP contribution in [-0.4, -0.2) is 45.2 Å². The first-order valence-electron chi connectivity index (χ1n) is 7.22. The molecule has 0 bridgehead atoms. The first-order chi connectivity index (χ1) is 9.79. The third-order valence-electron chi connectivity index (χ3n) is 3.53. The van der Waals surface area contributed by atoms with Gasteiger partial charge in [-0.2, -0.15) is 0 Å². The highest BCUT2D eigenvalue weighted by atomic mass is 35.5. The summed E-state index contributed by atoms with van der Waals surface area (Å²) in [5.41, 5.74) is 0.646. The fourth-order valence-corrected chi connectivity index (χ4v) is 3.52.